The van der Waals surface area contributed by atoms with Crippen molar-refractivity contribution in [2.24, 2.45) is 5.92 Å². The molecule has 4 rings (SSSR count). The molecule has 3 unspecified atom stereocenters. The first kappa shape index (κ1) is 24.3. The Morgan fingerprint density at radius 1 is 1.09 bits per heavy atom. The molecule has 0 bridgehead atoms. The first-order valence-corrected chi connectivity index (χ1v) is 13.7. The lowest BCUT2D eigenvalue weighted by Gasteiger charge is -2.50. The normalized spacial score (nSPS) is 25.1. The largest absolute Gasteiger partial charge is 0.490 e. The second-order valence-electron chi connectivity index (χ2n) is 7.91. The van der Waals surface area contributed by atoms with E-state index in [9.17, 15) is 21.2 Å². The number of ether oxygens (including phenoxy) is 2. The highest BCUT2D eigenvalue weighted by molar-refractivity contribution is 7.92. The fourth-order valence-electron chi connectivity index (χ4n) is 4.56. The van der Waals surface area contributed by atoms with Crippen LogP contribution in [0.2, 0.25) is 5.02 Å². The summed E-state index contributed by atoms with van der Waals surface area (Å²) in [4.78, 5) is -0.122. The molecule has 1 fully saturated rings. The lowest BCUT2D eigenvalue weighted by molar-refractivity contribution is -0.0688. The molecule has 1 saturated heterocycles. The summed E-state index contributed by atoms with van der Waals surface area (Å²) < 4.78 is 93.8. The molecule has 1 N–H and O–H groups in total. The van der Waals surface area contributed by atoms with Crippen molar-refractivity contribution >= 4 is 31.5 Å². The molecule has 0 spiro atoms. The fourth-order valence-corrected chi connectivity index (χ4v) is 7.65. The number of fused-ring (bicyclic) bond motifs is 3. The van der Waals surface area contributed by atoms with Crippen LogP contribution in [0.5, 0.6) is 5.75 Å². The Hall–Kier alpha value is -1.79. The molecule has 0 amide bonds. The molecule has 7 nitrogen and oxygen atoms in total. The van der Waals surface area contributed by atoms with Crippen LogP contribution in [0.15, 0.2) is 41.3 Å². The maximum atomic E-state index is 15.2. The Bertz CT molecular complexity index is 1270. The molecule has 0 aliphatic carbocycles. The molecule has 12 heteroatoms. The Balaban J connectivity index is 1.92. The minimum atomic E-state index is -4.35. The summed E-state index contributed by atoms with van der Waals surface area (Å²) in [6.45, 7) is 0.793. The van der Waals surface area contributed by atoms with Gasteiger partial charge in [-0.05, 0) is 49.7 Å². The first-order chi connectivity index (χ1) is 15.5. The van der Waals surface area contributed by atoms with E-state index < -0.39 is 59.6 Å². The zero-order chi connectivity index (χ0) is 24.0. The summed E-state index contributed by atoms with van der Waals surface area (Å²) in [6.07, 6.45) is -1.13. The Morgan fingerprint density at radius 2 is 1.76 bits per heavy atom. The van der Waals surface area contributed by atoms with Crippen LogP contribution >= 0.6 is 11.6 Å². The Labute approximate surface area is 196 Å². The minimum absolute atomic E-state index is 0.114. The minimum Gasteiger partial charge on any atom is -0.490 e. The number of hydrogen-bond acceptors (Lipinski definition) is 6. The van der Waals surface area contributed by atoms with Gasteiger partial charge in [0.2, 0.25) is 10.0 Å². The van der Waals surface area contributed by atoms with Gasteiger partial charge in [0.05, 0.1) is 28.9 Å². The van der Waals surface area contributed by atoms with Crippen molar-refractivity contribution in [2.75, 3.05) is 25.5 Å². The maximum absolute atomic E-state index is 15.2. The number of rotatable bonds is 6. The van der Waals surface area contributed by atoms with Crippen molar-refractivity contribution in [1.29, 1.82) is 0 Å². The van der Waals surface area contributed by atoms with Crippen LogP contribution in [0.4, 0.5) is 8.78 Å². The summed E-state index contributed by atoms with van der Waals surface area (Å²) in [7, 11) is -7.96. The smallest absolute Gasteiger partial charge is 0.211 e. The molecule has 2 aliphatic heterocycles. The van der Waals surface area contributed by atoms with E-state index in [2.05, 4.69) is 4.72 Å². The highest BCUT2D eigenvalue weighted by atomic mass is 35.5. The van der Waals surface area contributed by atoms with Gasteiger partial charge in [0.15, 0.2) is 21.4 Å². The van der Waals surface area contributed by atoms with E-state index in [-0.39, 0.29) is 36.8 Å². The first-order valence-electron chi connectivity index (χ1n) is 10.2. The van der Waals surface area contributed by atoms with Crippen molar-refractivity contribution < 1.29 is 35.1 Å². The average Bonchev–Trinajstić information content (AvgIpc) is 2.79. The maximum Gasteiger partial charge on any atom is 0.211 e. The van der Waals surface area contributed by atoms with Crippen molar-refractivity contribution in [3.63, 3.8) is 0 Å². The van der Waals surface area contributed by atoms with Gasteiger partial charge < -0.3 is 9.47 Å². The molecule has 180 valence electrons. The molecule has 2 aromatic carbocycles. The molecular weight excluding hydrogens is 500 g/mol. The monoisotopic (exact) mass is 521 g/mol. The SMILES string of the molecule is CCS(=O)(=O)NCC1OCCC2(S(=O)(=O)c3ccc(Cl)cc3)c3c(F)ccc(F)c3OCC12. The van der Waals surface area contributed by atoms with Gasteiger partial charge in [0, 0.05) is 24.1 Å². The summed E-state index contributed by atoms with van der Waals surface area (Å²) >= 11 is 5.92. The molecular formula is C21H22ClF2NO6S2. The third-order valence-corrected chi connectivity index (χ3v) is 10.4. The highest BCUT2D eigenvalue weighted by Crippen LogP contribution is 2.55. The molecule has 2 heterocycles. The highest BCUT2D eigenvalue weighted by Gasteiger charge is 2.61. The summed E-state index contributed by atoms with van der Waals surface area (Å²) in [5.41, 5.74) is -0.402. The standard InChI is InChI=1S/C21H22ClF2NO6S2/c1-2-32(26,27)25-11-18-15-12-31-20-17(24)8-7-16(23)19(20)21(15,9-10-30-18)33(28,29)14-5-3-13(22)4-6-14/h3-8,15,18,25H,2,9-12H2,1H3. The molecule has 2 aliphatic rings. The van der Waals surface area contributed by atoms with Crippen LogP contribution < -0.4 is 9.46 Å². The summed E-state index contributed by atoms with van der Waals surface area (Å²) in [5, 5.41) is 0.312. The lowest BCUT2D eigenvalue weighted by atomic mass is 9.76. The van der Waals surface area contributed by atoms with E-state index in [4.69, 9.17) is 21.1 Å². The predicted octanol–water partition coefficient (Wildman–Crippen LogP) is 3.02. The van der Waals surface area contributed by atoms with Crippen LogP contribution in [0.25, 0.3) is 0 Å². The van der Waals surface area contributed by atoms with Crippen LogP contribution in [0.1, 0.15) is 18.9 Å². The third-order valence-electron chi connectivity index (χ3n) is 6.23. The zero-order valence-electron chi connectivity index (χ0n) is 17.6. The van der Waals surface area contributed by atoms with E-state index in [1.54, 1.807) is 0 Å². The number of sulfonamides is 1. The van der Waals surface area contributed by atoms with E-state index in [0.29, 0.717) is 5.02 Å². The van der Waals surface area contributed by atoms with E-state index in [1.165, 1.54) is 31.2 Å². The van der Waals surface area contributed by atoms with E-state index in [0.717, 1.165) is 12.1 Å². The fraction of sp³-hybridized carbons (Fsp3) is 0.429. The van der Waals surface area contributed by atoms with Crippen LogP contribution in [0.3, 0.4) is 0 Å². The number of hydrogen-bond donors (Lipinski definition) is 1. The molecule has 2 aromatic rings. The summed E-state index contributed by atoms with van der Waals surface area (Å²) in [6, 6.07) is 7.15. The van der Waals surface area contributed by atoms with Gasteiger partial charge in [-0.15, -0.1) is 0 Å². The molecule has 0 aromatic heterocycles. The van der Waals surface area contributed by atoms with Gasteiger partial charge in [-0.3, -0.25) is 0 Å². The van der Waals surface area contributed by atoms with Crippen LogP contribution in [-0.2, 0) is 29.3 Å². The van der Waals surface area contributed by atoms with E-state index in [1.807, 2.05) is 0 Å². The molecule has 0 radical (unpaired) electrons. The van der Waals surface area contributed by atoms with Crippen LogP contribution in [-0.4, -0.2) is 48.5 Å². The van der Waals surface area contributed by atoms with Gasteiger partial charge >= 0.3 is 0 Å². The van der Waals surface area contributed by atoms with Crippen molar-refractivity contribution in [1.82, 2.24) is 4.72 Å². The van der Waals surface area contributed by atoms with Gasteiger partial charge in [0.25, 0.3) is 0 Å². The van der Waals surface area contributed by atoms with Crippen molar-refractivity contribution in [2.45, 2.75) is 29.1 Å². The summed E-state index contributed by atoms with van der Waals surface area (Å²) in [5.74, 6) is -3.47. The van der Waals surface area contributed by atoms with Gasteiger partial charge in [-0.1, -0.05) is 11.6 Å². The predicted molar refractivity (Wildman–Crippen MR) is 117 cm³/mol. The van der Waals surface area contributed by atoms with E-state index >= 15 is 4.39 Å². The van der Waals surface area contributed by atoms with Gasteiger partial charge in [0.1, 0.15) is 10.6 Å². The molecule has 0 saturated carbocycles. The van der Waals surface area contributed by atoms with Crippen molar-refractivity contribution in [3.8, 4) is 5.75 Å². The Kier molecular flexibility index (Phi) is 6.47. The zero-order valence-corrected chi connectivity index (χ0v) is 19.9. The van der Waals surface area contributed by atoms with Crippen molar-refractivity contribution in [3.05, 3.63) is 58.6 Å². The Morgan fingerprint density at radius 3 is 2.42 bits per heavy atom. The topological polar surface area (TPSA) is 98.8 Å². The van der Waals surface area contributed by atoms with Crippen LogP contribution in [0, 0.1) is 17.6 Å². The number of halogens is 3. The number of sulfone groups is 1. The average molecular weight is 522 g/mol. The van der Waals surface area contributed by atoms with Gasteiger partial charge in [-0.2, -0.15) is 0 Å². The number of nitrogens with one attached hydrogen (secondary N) is 1. The lowest BCUT2D eigenvalue weighted by Crippen LogP contribution is -2.59. The second-order valence-corrected chi connectivity index (χ2v) is 12.6. The van der Waals surface area contributed by atoms with Gasteiger partial charge in [-0.25, -0.2) is 30.3 Å². The number of benzene rings is 2. The third kappa shape index (κ3) is 4.03. The molecule has 3 atom stereocenters. The molecule has 33 heavy (non-hydrogen) atoms. The second kappa shape index (κ2) is 8.77. The quantitative estimate of drug-likeness (QED) is 0.627.